The molecule has 0 unspecified atom stereocenters. The van der Waals surface area contributed by atoms with Gasteiger partial charge in [0.2, 0.25) is 0 Å². The van der Waals surface area contributed by atoms with Crippen LogP contribution in [0.4, 0.5) is 5.82 Å². The van der Waals surface area contributed by atoms with E-state index in [-0.39, 0.29) is 0 Å². The van der Waals surface area contributed by atoms with Gasteiger partial charge in [-0.1, -0.05) is 24.9 Å². The van der Waals surface area contributed by atoms with Gasteiger partial charge in [0.1, 0.15) is 5.82 Å². The van der Waals surface area contributed by atoms with E-state index in [4.69, 9.17) is 17.4 Å². The summed E-state index contributed by atoms with van der Waals surface area (Å²) in [6, 6.07) is 7.38. The quantitative estimate of drug-likeness (QED) is 0.656. The van der Waals surface area contributed by atoms with Crippen LogP contribution in [0.2, 0.25) is 5.02 Å². The van der Waals surface area contributed by atoms with Crippen LogP contribution in [-0.2, 0) is 6.42 Å². The molecule has 4 nitrogen and oxygen atoms in total. The molecule has 2 rings (SSSR count). The molecule has 0 aliphatic rings. The summed E-state index contributed by atoms with van der Waals surface area (Å²) >= 11 is 9.42. The van der Waals surface area contributed by atoms with Crippen LogP contribution in [0.1, 0.15) is 19.0 Å². The Bertz CT molecular complexity index is 589. The molecule has 0 saturated heterocycles. The number of hydrogen-bond acceptors (Lipinski definition) is 4. The van der Waals surface area contributed by atoms with Gasteiger partial charge in [0.15, 0.2) is 5.82 Å². The second-order valence-electron chi connectivity index (χ2n) is 4.09. The van der Waals surface area contributed by atoms with E-state index in [1.807, 2.05) is 24.3 Å². The number of aromatic nitrogens is 2. The lowest BCUT2D eigenvalue weighted by Crippen LogP contribution is -2.10. The fraction of sp³-hybridized carbons (Fsp3) is 0.231. The van der Waals surface area contributed by atoms with Gasteiger partial charge in [-0.2, -0.15) is 0 Å². The Morgan fingerprint density at radius 2 is 2.11 bits per heavy atom. The number of nitrogens with zero attached hydrogens (tertiary/aromatic N) is 2. The molecule has 19 heavy (non-hydrogen) atoms. The summed E-state index contributed by atoms with van der Waals surface area (Å²) < 4.78 is 0.858. The number of nitrogens with one attached hydrogen (secondary N) is 1. The lowest BCUT2D eigenvalue weighted by Gasteiger charge is -2.08. The third-order valence-electron chi connectivity index (χ3n) is 2.61. The topological polar surface area (TPSA) is 63.8 Å². The van der Waals surface area contributed by atoms with E-state index in [1.54, 1.807) is 0 Å². The minimum Gasteiger partial charge on any atom is -0.308 e. The Labute approximate surface area is 125 Å². The minimum absolute atomic E-state index is 0.607. The van der Waals surface area contributed by atoms with Crippen molar-refractivity contribution in [2.45, 2.75) is 19.8 Å². The Hall–Kier alpha value is -1.17. The van der Waals surface area contributed by atoms with Crippen LogP contribution >= 0.6 is 27.5 Å². The maximum Gasteiger partial charge on any atom is 0.162 e. The molecular formula is C13H14BrClN4. The zero-order valence-electron chi connectivity index (χ0n) is 10.5. The van der Waals surface area contributed by atoms with Crippen molar-refractivity contribution < 1.29 is 0 Å². The van der Waals surface area contributed by atoms with E-state index in [0.29, 0.717) is 16.7 Å². The van der Waals surface area contributed by atoms with Crippen LogP contribution in [0.5, 0.6) is 0 Å². The number of hydrazine groups is 1. The van der Waals surface area contributed by atoms with Gasteiger partial charge in [0, 0.05) is 26.8 Å². The molecule has 0 amide bonds. The molecule has 1 aromatic heterocycles. The number of hydrogen-bond donors (Lipinski definition) is 2. The van der Waals surface area contributed by atoms with E-state index in [1.165, 1.54) is 0 Å². The van der Waals surface area contributed by atoms with E-state index in [2.05, 4.69) is 38.2 Å². The van der Waals surface area contributed by atoms with Gasteiger partial charge in [-0.3, -0.25) is 0 Å². The maximum atomic E-state index is 5.94. The minimum atomic E-state index is 0.607. The standard InChI is InChI=1S/C13H14BrClN4/c1-2-3-9-7-12(19-16)18-13(17-9)10-5-4-8(15)6-11(10)14/h4-7H,2-3,16H2,1H3,(H,17,18,19). The molecule has 0 atom stereocenters. The van der Waals surface area contributed by atoms with Crippen LogP contribution in [0.3, 0.4) is 0 Å². The van der Waals surface area contributed by atoms with Crippen molar-refractivity contribution >= 4 is 33.3 Å². The summed E-state index contributed by atoms with van der Waals surface area (Å²) in [6.07, 6.45) is 1.90. The summed E-state index contributed by atoms with van der Waals surface area (Å²) in [7, 11) is 0. The molecule has 100 valence electrons. The Morgan fingerprint density at radius 3 is 2.74 bits per heavy atom. The highest BCUT2D eigenvalue weighted by molar-refractivity contribution is 9.10. The first-order valence-electron chi connectivity index (χ1n) is 5.94. The molecule has 0 bridgehead atoms. The largest absolute Gasteiger partial charge is 0.308 e. The number of benzene rings is 1. The second kappa shape index (κ2) is 6.32. The molecular weight excluding hydrogens is 328 g/mol. The Morgan fingerprint density at radius 1 is 1.32 bits per heavy atom. The number of aryl methyl sites for hydroxylation is 1. The highest BCUT2D eigenvalue weighted by Gasteiger charge is 2.10. The maximum absolute atomic E-state index is 5.94. The van der Waals surface area contributed by atoms with Crippen molar-refractivity contribution in [3.8, 4) is 11.4 Å². The first-order valence-corrected chi connectivity index (χ1v) is 7.11. The molecule has 0 aliphatic heterocycles. The van der Waals surface area contributed by atoms with Crippen molar-refractivity contribution in [1.29, 1.82) is 0 Å². The fourth-order valence-electron chi connectivity index (χ4n) is 1.75. The summed E-state index contributed by atoms with van der Waals surface area (Å²) in [4.78, 5) is 8.93. The summed E-state index contributed by atoms with van der Waals surface area (Å²) in [5.41, 5.74) is 4.42. The van der Waals surface area contributed by atoms with Crippen molar-refractivity contribution in [3.05, 3.63) is 39.5 Å². The SMILES string of the molecule is CCCc1cc(NN)nc(-c2ccc(Cl)cc2Br)n1. The highest BCUT2D eigenvalue weighted by atomic mass is 79.9. The van der Waals surface area contributed by atoms with E-state index < -0.39 is 0 Å². The Balaban J connectivity index is 2.51. The zero-order chi connectivity index (χ0) is 13.8. The molecule has 6 heteroatoms. The van der Waals surface area contributed by atoms with Crippen LogP contribution in [0, 0.1) is 0 Å². The first kappa shape index (κ1) is 14.2. The number of nitrogen functional groups attached to an aromatic ring is 1. The molecule has 0 radical (unpaired) electrons. The zero-order valence-corrected chi connectivity index (χ0v) is 12.8. The van der Waals surface area contributed by atoms with Crippen molar-refractivity contribution in [2.75, 3.05) is 5.43 Å². The second-order valence-corrected chi connectivity index (χ2v) is 5.38. The predicted octanol–water partition coefficient (Wildman–Crippen LogP) is 3.80. The molecule has 0 spiro atoms. The number of rotatable bonds is 4. The number of halogens is 2. The van der Waals surface area contributed by atoms with E-state index >= 15 is 0 Å². The summed E-state index contributed by atoms with van der Waals surface area (Å²) in [6.45, 7) is 2.11. The van der Waals surface area contributed by atoms with Gasteiger partial charge in [0.25, 0.3) is 0 Å². The molecule has 1 heterocycles. The van der Waals surface area contributed by atoms with Gasteiger partial charge in [-0.25, -0.2) is 15.8 Å². The average molecular weight is 342 g/mol. The molecule has 0 saturated carbocycles. The molecule has 3 N–H and O–H groups in total. The van der Waals surface area contributed by atoms with Crippen LogP contribution < -0.4 is 11.3 Å². The first-order chi connectivity index (χ1) is 9.13. The number of anilines is 1. The predicted molar refractivity (Wildman–Crippen MR) is 82.0 cm³/mol. The van der Waals surface area contributed by atoms with Crippen LogP contribution in [0.15, 0.2) is 28.7 Å². The number of nitrogens with two attached hydrogens (primary N) is 1. The molecule has 0 fully saturated rings. The summed E-state index contributed by atoms with van der Waals surface area (Å²) in [5, 5.41) is 0.664. The lowest BCUT2D eigenvalue weighted by atomic mass is 10.2. The molecule has 1 aromatic carbocycles. The normalized spacial score (nSPS) is 10.5. The van der Waals surface area contributed by atoms with Gasteiger partial charge in [-0.05, 0) is 40.5 Å². The summed E-state index contributed by atoms with van der Waals surface area (Å²) in [5.74, 6) is 6.68. The highest BCUT2D eigenvalue weighted by Crippen LogP contribution is 2.29. The van der Waals surface area contributed by atoms with Gasteiger partial charge in [-0.15, -0.1) is 0 Å². The van der Waals surface area contributed by atoms with E-state index in [0.717, 1.165) is 28.6 Å². The Kier molecular flexibility index (Phi) is 4.74. The van der Waals surface area contributed by atoms with Crippen LogP contribution in [-0.4, -0.2) is 9.97 Å². The molecule has 0 aliphatic carbocycles. The van der Waals surface area contributed by atoms with Crippen molar-refractivity contribution in [3.63, 3.8) is 0 Å². The lowest BCUT2D eigenvalue weighted by molar-refractivity contribution is 0.875. The van der Waals surface area contributed by atoms with Gasteiger partial charge >= 0.3 is 0 Å². The van der Waals surface area contributed by atoms with E-state index in [9.17, 15) is 0 Å². The van der Waals surface area contributed by atoms with Gasteiger partial charge in [0.05, 0.1) is 0 Å². The van der Waals surface area contributed by atoms with Gasteiger partial charge < -0.3 is 5.43 Å². The van der Waals surface area contributed by atoms with Crippen molar-refractivity contribution in [1.82, 2.24) is 9.97 Å². The third-order valence-corrected chi connectivity index (χ3v) is 3.50. The monoisotopic (exact) mass is 340 g/mol. The fourth-order valence-corrected chi connectivity index (χ4v) is 2.61. The molecule has 2 aromatic rings. The average Bonchev–Trinajstić information content (AvgIpc) is 2.38. The third kappa shape index (κ3) is 3.43. The van der Waals surface area contributed by atoms with Crippen LogP contribution in [0.25, 0.3) is 11.4 Å². The smallest absolute Gasteiger partial charge is 0.162 e. The van der Waals surface area contributed by atoms with Crippen molar-refractivity contribution in [2.24, 2.45) is 5.84 Å².